The van der Waals surface area contributed by atoms with Gasteiger partial charge in [-0.15, -0.1) is 0 Å². The number of nitrogens with zero attached hydrogens (tertiary/aromatic N) is 3. The van der Waals surface area contributed by atoms with Gasteiger partial charge in [0.05, 0.1) is 12.5 Å². The van der Waals surface area contributed by atoms with Crippen molar-refractivity contribution in [1.82, 2.24) is 20.0 Å². The highest BCUT2D eigenvalue weighted by Gasteiger charge is 2.33. The van der Waals surface area contributed by atoms with E-state index in [2.05, 4.69) is 22.2 Å². The van der Waals surface area contributed by atoms with E-state index in [-0.39, 0.29) is 18.2 Å². The van der Waals surface area contributed by atoms with Crippen molar-refractivity contribution in [3.63, 3.8) is 0 Å². The Kier molecular flexibility index (Phi) is 7.39. The van der Waals surface area contributed by atoms with Crippen molar-refractivity contribution >= 4 is 11.8 Å². The van der Waals surface area contributed by atoms with E-state index in [1.807, 2.05) is 59.5 Å². The van der Waals surface area contributed by atoms with Crippen LogP contribution in [0.15, 0.2) is 54.6 Å². The molecule has 2 fully saturated rings. The van der Waals surface area contributed by atoms with Gasteiger partial charge in [0.2, 0.25) is 11.8 Å². The molecule has 32 heavy (non-hydrogen) atoms. The Bertz CT molecular complexity index is 920. The fraction of sp³-hybridized carbons (Fsp3) is 0.440. The molecule has 0 spiro atoms. The molecule has 7 nitrogen and oxygen atoms in total. The topological polar surface area (TPSA) is 65.1 Å². The van der Waals surface area contributed by atoms with Crippen LogP contribution in [0.3, 0.4) is 0 Å². The summed E-state index contributed by atoms with van der Waals surface area (Å²) in [6, 6.07) is 17.2. The number of benzene rings is 2. The maximum Gasteiger partial charge on any atom is 0.237 e. The number of rotatable bonds is 6. The lowest BCUT2D eigenvalue weighted by Gasteiger charge is -2.35. The molecule has 0 bridgehead atoms. The predicted molar refractivity (Wildman–Crippen MR) is 123 cm³/mol. The third-order valence-corrected chi connectivity index (χ3v) is 6.14. The van der Waals surface area contributed by atoms with Gasteiger partial charge in [-0.2, -0.15) is 0 Å². The molecular weight excluding hydrogens is 404 g/mol. The van der Waals surface area contributed by atoms with Gasteiger partial charge in [0, 0.05) is 39.3 Å². The van der Waals surface area contributed by atoms with Crippen LogP contribution in [0.5, 0.6) is 11.5 Å². The highest BCUT2D eigenvalue weighted by atomic mass is 16.5. The molecule has 2 aliphatic rings. The molecule has 1 unspecified atom stereocenters. The molecule has 2 aromatic rings. The minimum Gasteiger partial charge on any atom is -0.457 e. The van der Waals surface area contributed by atoms with E-state index >= 15 is 0 Å². The number of nitrogens with one attached hydrogen (secondary N) is 1. The van der Waals surface area contributed by atoms with Gasteiger partial charge in [-0.25, -0.2) is 0 Å². The number of piperazine rings is 1. The standard InChI is InChI=1S/C25H32N4O3/c1-27-12-6-13-28(16-15-27)24(30)18-23-25(31)26-11-14-29(23)19-20-7-5-10-22(17-20)32-21-8-3-2-4-9-21/h2-5,7-10,17,23H,6,11-16,18-19H2,1H3,(H,26,31). The Hall–Kier alpha value is -2.90. The first-order chi connectivity index (χ1) is 15.6. The summed E-state index contributed by atoms with van der Waals surface area (Å²) in [5.41, 5.74) is 1.06. The van der Waals surface area contributed by atoms with E-state index in [9.17, 15) is 9.59 Å². The van der Waals surface area contributed by atoms with Crippen LogP contribution in [-0.4, -0.2) is 78.9 Å². The summed E-state index contributed by atoms with van der Waals surface area (Å²) in [6.45, 7) is 5.27. The van der Waals surface area contributed by atoms with Crippen molar-refractivity contribution in [2.24, 2.45) is 0 Å². The molecule has 2 amide bonds. The lowest BCUT2D eigenvalue weighted by Crippen LogP contribution is -2.56. The Balaban J connectivity index is 1.42. The average molecular weight is 437 g/mol. The van der Waals surface area contributed by atoms with Gasteiger partial charge >= 0.3 is 0 Å². The zero-order valence-corrected chi connectivity index (χ0v) is 18.7. The first-order valence-corrected chi connectivity index (χ1v) is 11.4. The van der Waals surface area contributed by atoms with Gasteiger partial charge in [-0.3, -0.25) is 14.5 Å². The molecule has 4 rings (SSSR count). The summed E-state index contributed by atoms with van der Waals surface area (Å²) < 4.78 is 5.96. The average Bonchev–Trinajstić information content (AvgIpc) is 3.01. The van der Waals surface area contributed by atoms with Crippen LogP contribution in [-0.2, 0) is 16.1 Å². The molecule has 1 atom stereocenters. The van der Waals surface area contributed by atoms with Gasteiger partial charge in [0.25, 0.3) is 0 Å². The third-order valence-electron chi connectivity index (χ3n) is 6.14. The zero-order valence-electron chi connectivity index (χ0n) is 18.7. The Morgan fingerprint density at radius 1 is 1.00 bits per heavy atom. The molecular formula is C25H32N4O3. The zero-order chi connectivity index (χ0) is 22.3. The second-order valence-corrected chi connectivity index (χ2v) is 8.58. The van der Waals surface area contributed by atoms with Crippen molar-refractivity contribution in [3.05, 3.63) is 60.2 Å². The van der Waals surface area contributed by atoms with Crippen molar-refractivity contribution in [2.45, 2.75) is 25.4 Å². The number of ether oxygens (including phenoxy) is 1. The van der Waals surface area contributed by atoms with E-state index in [0.717, 1.165) is 56.2 Å². The molecule has 0 saturated carbocycles. The van der Waals surface area contributed by atoms with Gasteiger partial charge in [0.1, 0.15) is 11.5 Å². The molecule has 2 aliphatic heterocycles. The maximum absolute atomic E-state index is 13.0. The lowest BCUT2D eigenvalue weighted by atomic mass is 10.1. The molecule has 7 heteroatoms. The predicted octanol–water partition coefficient (Wildman–Crippen LogP) is 2.33. The second-order valence-electron chi connectivity index (χ2n) is 8.58. The van der Waals surface area contributed by atoms with Gasteiger partial charge in [-0.1, -0.05) is 30.3 Å². The van der Waals surface area contributed by atoms with Crippen molar-refractivity contribution in [3.8, 4) is 11.5 Å². The minimum atomic E-state index is -0.448. The molecule has 1 N–H and O–H groups in total. The van der Waals surface area contributed by atoms with Crippen LogP contribution in [0.25, 0.3) is 0 Å². The molecule has 2 aromatic carbocycles. The Morgan fingerprint density at radius 2 is 1.81 bits per heavy atom. The van der Waals surface area contributed by atoms with Crippen LogP contribution in [0.2, 0.25) is 0 Å². The summed E-state index contributed by atoms with van der Waals surface area (Å²) in [7, 11) is 2.08. The number of hydrogen-bond acceptors (Lipinski definition) is 5. The molecule has 0 aliphatic carbocycles. The first kappa shape index (κ1) is 22.3. The highest BCUT2D eigenvalue weighted by Crippen LogP contribution is 2.23. The van der Waals surface area contributed by atoms with Crippen molar-refractivity contribution in [2.75, 3.05) is 46.3 Å². The normalized spacial score (nSPS) is 20.5. The molecule has 2 heterocycles. The van der Waals surface area contributed by atoms with Gasteiger partial charge in [0.15, 0.2) is 0 Å². The van der Waals surface area contributed by atoms with Crippen molar-refractivity contribution in [1.29, 1.82) is 0 Å². The quantitative estimate of drug-likeness (QED) is 0.753. The largest absolute Gasteiger partial charge is 0.457 e. The van der Waals surface area contributed by atoms with Gasteiger partial charge in [-0.05, 0) is 49.8 Å². The summed E-state index contributed by atoms with van der Waals surface area (Å²) in [6.07, 6.45) is 1.19. The van der Waals surface area contributed by atoms with Crippen LogP contribution in [0, 0.1) is 0 Å². The van der Waals surface area contributed by atoms with Crippen LogP contribution in [0.1, 0.15) is 18.4 Å². The molecule has 0 radical (unpaired) electrons. The van der Waals surface area contributed by atoms with Crippen LogP contribution >= 0.6 is 0 Å². The number of para-hydroxylation sites is 1. The third kappa shape index (κ3) is 5.87. The number of carbonyl (C=O) groups is 2. The highest BCUT2D eigenvalue weighted by molar-refractivity contribution is 5.88. The number of hydrogen-bond donors (Lipinski definition) is 1. The van der Waals surface area contributed by atoms with Crippen LogP contribution < -0.4 is 10.1 Å². The summed E-state index contributed by atoms with van der Waals surface area (Å²) in [5, 5.41) is 2.94. The Labute approximate surface area is 189 Å². The molecule has 2 saturated heterocycles. The number of likely N-dealkylation sites (N-methyl/N-ethyl adjacent to an activating group) is 1. The van der Waals surface area contributed by atoms with E-state index in [1.165, 1.54) is 0 Å². The van der Waals surface area contributed by atoms with Crippen LogP contribution in [0.4, 0.5) is 0 Å². The first-order valence-electron chi connectivity index (χ1n) is 11.4. The Morgan fingerprint density at radius 3 is 2.66 bits per heavy atom. The fourth-order valence-electron chi connectivity index (χ4n) is 4.33. The lowest BCUT2D eigenvalue weighted by molar-refractivity contribution is -0.139. The fourth-order valence-corrected chi connectivity index (χ4v) is 4.33. The molecule has 0 aromatic heterocycles. The second kappa shape index (κ2) is 10.6. The number of amides is 2. The van der Waals surface area contributed by atoms with E-state index < -0.39 is 6.04 Å². The van der Waals surface area contributed by atoms with Gasteiger partial charge < -0.3 is 19.9 Å². The SMILES string of the molecule is CN1CCCN(C(=O)CC2C(=O)NCCN2Cc2cccc(Oc3ccccc3)c2)CC1. The van der Waals surface area contributed by atoms with E-state index in [1.54, 1.807) is 0 Å². The van der Waals surface area contributed by atoms with E-state index in [4.69, 9.17) is 4.74 Å². The summed E-state index contributed by atoms with van der Waals surface area (Å²) >= 11 is 0. The summed E-state index contributed by atoms with van der Waals surface area (Å²) in [5.74, 6) is 1.55. The maximum atomic E-state index is 13.0. The smallest absolute Gasteiger partial charge is 0.237 e. The minimum absolute atomic E-state index is 0.0618. The van der Waals surface area contributed by atoms with E-state index in [0.29, 0.717) is 13.1 Å². The summed E-state index contributed by atoms with van der Waals surface area (Å²) in [4.78, 5) is 32.0. The monoisotopic (exact) mass is 436 g/mol. The number of carbonyl (C=O) groups excluding carboxylic acids is 2. The molecule has 170 valence electrons. The van der Waals surface area contributed by atoms with Crippen molar-refractivity contribution < 1.29 is 14.3 Å².